The van der Waals surface area contributed by atoms with Crippen molar-refractivity contribution in [2.24, 2.45) is 0 Å². The Kier molecular flexibility index (Phi) is 4.42. The molecule has 2 heterocycles. The summed E-state index contributed by atoms with van der Waals surface area (Å²) in [6.07, 6.45) is 0. The fraction of sp³-hybridized carbons (Fsp3) is 0.533. The first-order valence-electron chi connectivity index (χ1n) is 6.84. The molecule has 1 unspecified atom stereocenters. The van der Waals surface area contributed by atoms with E-state index in [1.807, 2.05) is 6.92 Å². The largest absolute Gasteiger partial charge is 0.349 e. The molecule has 0 aromatic carbocycles. The standard InChI is InChI=1S/C15H23N3S/c1-6-18-11(3)7-14(13(18)5)8-16-12(4)15-17-10(2)9-19-15/h7,9,12,16H,6,8H2,1-5H3. The average molecular weight is 277 g/mol. The van der Waals surface area contributed by atoms with Crippen LogP contribution in [0, 0.1) is 20.8 Å². The van der Waals surface area contributed by atoms with Gasteiger partial charge in [0.15, 0.2) is 0 Å². The van der Waals surface area contributed by atoms with Crippen molar-refractivity contribution < 1.29 is 0 Å². The summed E-state index contributed by atoms with van der Waals surface area (Å²) in [5, 5.41) is 6.84. The van der Waals surface area contributed by atoms with Crippen molar-refractivity contribution in [3.63, 3.8) is 0 Å². The second-order valence-electron chi connectivity index (χ2n) is 5.07. The molecule has 0 amide bonds. The number of nitrogens with zero attached hydrogens (tertiary/aromatic N) is 2. The summed E-state index contributed by atoms with van der Waals surface area (Å²) in [5.74, 6) is 0. The van der Waals surface area contributed by atoms with Gasteiger partial charge in [-0.15, -0.1) is 11.3 Å². The smallest absolute Gasteiger partial charge is 0.110 e. The highest BCUT2D eigenvalue weighted by molar-refractivity contribution is 7.09. The van der Waals surface area contributed by atoms with E-state index in [9.17, 15) is 0 Å². The van der Waals surface area contributed by atoms with Gasteiger partial charge in [-0.2, -0.15) is 0 Å². The minimum atomic E-state index is 0.309. The van der Waals surface area contributed by atoms with Crippen LogP contribution in [-0.2, 0) is 13.1 Å². The summed E-state index contributed by atoms with van der Waals surface area (Å²) in [4.78, 5) is 4.54. The quantitative estimate of drug-likeness (QED) is 0.902. The van der Waals surface area contributed by atoms with E-state index >= 15 is 0 Å². The first-order valence-corrected chi connectivity index (χ1v) is 7.72. The molecule has 104 valence electrons. The van der Waals surface area contributed by atoms with Gasteiger partial charge in [0, 0.05) is 35.6 Å². The Labute approximate surface area is 119 Å². The van der Waals surface area contributed by atoms with Crippen molar-refractivity contribution in [3.05, 3.63) is 39.1 Å². The number of thiazole rings is 1. The normalized spacial score (nSPS) is 12.9. The van der Waals surface area contributed by atoms with Gasteiger partial charge in [0.2, 0.25) is 0 Å². The van der Waals surface area contributed by atoms with Crippen LogP contribution in [0.25, 0.3) is 0 Å². The Morgan fingerprint density at radius 1 is 1.37 bits per heavy atom. The third-order valence-corrected chi connectivity index (χ3v) is 4.75. The first kappa shape index (κ1) is 14.3. The molecule has 0 bridgehead atoms. The molecule has 0 aliphatic heterocycles. The van der Waals surface area contributed by atoms with Gasteiger partial charge in [-0.05, 0) is 46.2 Å². The maximum atomic E-state index is 4.54. The molecule has 0 fully saturated rings. The molecule has 1 N–H and O–H groups in total. The van der Waals surface area contributed by atoms with E-state index < -0.39 is 0 Å². The zero-order valence-corrected chi connectivity index (χ0v) is 13.3. The van der Waals surface area contributed by atoms with E-state index in [0.717, 1.165) is 18.8 Å². The predicted octanol–water partition coefficient (Wildman–Crippen LogP) is 3.74. The summed E-state index contributed by atoms with van der Waals surface area (Å²) in [6, 6.07) is 2.59. The second kappa shape index (κ2) is 5.88. The van der Waals surface area contributed by atoms with Crippen LogP contribution in [0.4, 0.5) is 0 Å². The summed E-state index contributed by atoms with van der Waals surface area (Å²) in [6.45, 7) is 12.7. The van der Waals surface area contributed by atoms with Crippen molar-refractivity contribution in [3.8, 4) is 0 Å². The van der Waals surface area contributed by atoms with Gasteiger partial charge in [-0.1, -0.05) is 0 Å². The van der Waals surface area contributed by atoms with E-state index in [4.69, 9.17) is 0 Å². The van der Waals surface area contributed by atoms with Gasteiger partial charge >= 0.3 is 0 Å². The van der Waals surface area contributed by atoms with Gasteiger partial charge in [0.05, 0.1) is 6.04 Å². The number of aromatic nitrogens is 2. The maximum Gasteiger partial charge on any atom is 0.110 e. The van der Waals surface area contributed by atoms with Crippen molar-refractivity contribution in [1.82, 2.24) is 14.9 Å². The lowest BCUT2D eigenvalue weighted by molar-refractivity contribution is 0.568. The highest BCUT2D eigenvalue weighted by Gasteiger charge is 2.11. The first-order chi connectivity index (χ1) is 9.02. The molecule has 4 heteroatoms. The van der Waals surface area contributed by atoms with Crippen LogP contribution in [0.5, 0.6) is 0 Å². The number of aryl methyl sites for hydroxylation is 2. The molecule has 19 heavy (non-hydrogen) atoms. The van der Waals surface area contributed by atoms with E-state index in [0.29, 0.717) is 6.04 Å². The molecule has 1 atom stereocenters. The second-order valence-corrected chi connectivity index (χ2v) is 5.96. The molecule has 3 nitrogen and oxygen atoms in total. The average Bonchev–Trinajstić information content (AvgIpc) is 2.91. The minimum absolute atomic E-state index is 0.309. The maximum absolute atomic E-state index is 4.54. The molecule has 2 aromatic rings. The predicted molar refractivity (Wildman–Crippen MR) is 81.7 cm³/mol. The van der Waals surface area contributed by atoms with Crippen LogP contribution in [0.3, 0.4) is 0 Å². The van der Waals surface area contributed by atoms with Crippen molar-refractivity contribution in [2.75, 3.05) is 0 Å². The molecule has 0 spiro atoms. The highest BCUT2D eigenvalue weighted by atomic mass is 32.1. The molecule has 2 rings (SSSR count). The monoisotopic (exact) mass is 277 g/mol. The molecule has 0 radical (unpaired) electrons. The number of rotatable bonds is 5. The lowest BCUT2D eigenvalue weighted by Gasteiger charge is -2.11. The fourth-order valence-corrected chi connectivity index (χ4v) is 3.29. The molecule has 0 saturated heterocycles. The summed E-state index contributed by atoms with van der Waals surface area (Å²) >= 11 is 1.73. The molecular weight excluding hydrogens is 254 g/mol. The van der Waals surface area contributed by atoms with E-state index in [1.54, 1.807) is 11.3 Å². The highest BCUT2D eigenvalue weighted by Crippen LogP contribution is 2.19. The Morgan fingerprint density at radius 2 is 2.11 bits per heavy atom. The molecule has 0 saturated carbocycles. The topological polar surface area (TPSA) is 29.9 Å². The summed E-state index contributed by atoms with van der Waals surface area (Å²) in [7, 11) is 0. The van der Waals surface area contributed by atoms with Gasteiger partial charge < -0.3 is 9.88 Å². The van der Waals surface area contributed by atoms with Crippen LogP contribution in [-0.4, -0.2) is 9.55 Å². The van der Waals surface area contributed by atoms with Crippen molar-refractivity contribution >= 4 is 11.3 Å². The van der Waals surface area contributed by atoms with Crippen LogP contribution in [0.15, 0.2) is 11.4 Å². The van der Waals surface area contributed by atoms with Gasteiger partial charge in [0.25, 0.3) is 0 Å². The number of nitrogens with one attached hydrogen (secondary N) is 1. The number of hydrogen-bond acceptors (Lipinski definition) is 3. The van der Waals surface area contributed by atoms with Crippen LogP contribution < -0.4 is 5.32 Å². The Bertz CT molecular complexity index is 554. The van der Waals surface area contributed by atoms with Crippen LogP contribution >= 0.6 is 11.3 Å². The van der Waals surface area contributed by atoms with Crippen LogP contribution in [0.2, 0.25) is 0 Å². The third kappa shape index (κ3) is 3.07. The molecule has 2 aromatic heterocycles. The summed E-state index contributed by atoms with van der Waals surface area (Å²) < 4.78 is 2.36. The molecule has 0 aliphatic rings. The zero-order chi connectivity index (χ0) is 14.0. The lowest BCUT2D eigenvalue weighted by Crippen LogP contribution is -2.18. The van der Waals surface area contributed by atoms with Gasteiger partial charge in [0.1, 0.15) is 5.01 Å². The van der Waals surface area contributed by atoms with E-state index in [2.05, 4.69) is 54.0 Å². The zero-order valence-electron chi connectivity index (χ0n) is 12.4. The number of hydrogen-bond donors (Lipinski definition) is 1. The third-order valence-electron chi connectivity index (χ3n) is 3.60. The van der Waals surface area contributed by atoms with E-state index in [1.165, 1.54) is 22.0 Å². The Balaban J connectivity index is 2.03. The Morgan fingerprint density at radius 3 is 2.63 bits per heavy atom. The molecule has 0 aliphatic carbocycles. The van der Waals surface area contributed by atoms with Crippen LogP contribution in [0.1, 0.15) is 47.5 Å². The van der Waals surface area contributed by atoms with Crippen molar-refractivity contribution in [1.29, 1.82) is 0 Å². The lowest BCUT2D eigenvalue weighted by atomic mass is 10.2. The molecular formula is C15H23N3S. The fourth-order valence-electron chi connectivity index (χ4n) is 2.46. The Hall–Kier alpha value is -1.13. The van der Waals surface area contributed by atoms with Crippen molar-refractivity contribution in [2.45, 2.75) is 53.8 Å². The van der Waals surface area contributed by atoms with Gasteiger partial charge in [-0.3, -0.25) is 0 Å². The van der Waals surface area contributed by atoms with E-state index in [-0.39, 0.29) is 0 Å². The summed E-state index contributed by atoms with van der Waals surface area (Å²) in [5.41, 5.74) is 5.21. The SMILES string of the molecule is CCn1c(C)cc(CNC(C)c2nc(C)cs2)c1C. The minimum Gasteiger partial charge on any atom is -0.349 e. The van der Waals surface area contributed by atoms with Gasteiger partial charge in [-0.25, -0.2) is 4.98 Å².